The minimum absolute atomic E-state index is 0.0682. The summed E-state index contributed by atoms with van der Waals surface area (Å²) in [4.78, 5) is 20.5. The molecule has 0 fully saturated rings. The number of halogens is 4. The normalized spacial score (nSPS) is 11.9. The Morgan fingerprint density at radius 2 is 1.88 bits per heavy atom. The number of aromatic nitrogens is 2. The van der Waals surface area contributed by atoms with Crippen LogP contribution in [0.15, 0.2) is 53.7 Å². The molecule has 3 aromatic rings. The molecule has 2 heterocycles. The van der Waals surface area contributed by atoms with Crippen molar-refractivity contribution in [3.63, 3.8) is 0 Å². The summed E-state index contributed by atoms with van der Waals surface area (Å²) < 4.78 is 73.5. The number of hydrogen-bond acceptors (Lipinski definition) is 7. The van der Waals surface area contributed by atoms with Crippen LogP contribution in [0.4, 0.5) is 24.7 Å². The van der Waals surface area contributed by atoms with Gasteiger partial charge in [-0.1, -0.05) is 6.07 Å². The minimum atomic E-state index is -4.76. The number of hydrogen-bond donors (Lipinski definition) is 1. The highest BCUT2D eigenvalue weighted by Crippen LogP contribution is 2.35. The summed E-state index contributed by atoms with van der Waals surface area (Å²) >= 11 is 1.88. The molecule has 0 aliphatic carbocycles. The second kappa shape index (κ2) is 9.84. The maximum Gasteiger partial charge on any atom is 0.416 e. The Bertz CT molecular complexity index is 1350. The number of methoxy groups -OCH3 is 1. The molecule has 0 aliphatic heterocycles. The monoisotopic (exact) mass is 606 g/mol. The third kappa shape index (κ3) is 5.31. The van der Waals surface area contributed by atoms with E-state index in [0.717, 1.165) is 12.1 Å². The Morgan fingerprint density at radius 1 is 1.18 bits per heavy atom. The molecule has 0 bridgehead atoms. The third-order valence-corrected chi connectivity index (χ3v) is 7.03. The molecule has 0 atom stereocenters. The van der Waals surface area contributed by atoms with E-state index in [0.29, 0.717) is 13.9 Å². The lowest BCUT2D eigenvalue weighted by molar-refractivity contribution is -0.138. The molecule has 13 heteroatoms. The van der Waals surface area contributed by atoms with Crippen LogP contribution in [0.3, 0.4) is 0 Å². The predicted molar refractivity (Wildman–Crippen MR) is 127 cm³/mol. The molecule has 3 rings (SSSR count). The molecule has 0 unspecified atom stereocenters. The fraction of sp³-hybridized carbons (Fsp3) is 0.190. The maximum absolute atomic E-state index is 13.5. The number of carbonyl (C=O) groups is 1. The second-order valence-corrected chi connectivity index (χ2v) is 10.2. The number of aryl methyl sites for hydroxylation is 1. The summed E-state index contributed by atoms with van der Waals surface area (Å²) in [7, 11) is -3.39. The molecule has 180 valence electrons. The fourth-order valence-electron chi connectivity index (χ4n) is 3.10. The largest absolute Gasteiger partial charge is 0.416 e. The minimum Gasteiger partial charge on any atom is -0.384 e. The molecular formula is C21H18F3IN4O4S. The van der Waals surface area contributed by atoms with Gasteiger partial charge in [-0.25, -0.2) is 22.7 Å². The van der Waals surface area contributed by atoms with Crippen LogP contribution < -0.4 is 10.0 Å². The number of nitrogens with zero attached hydrogens (tertiary/aromatic N) is 3. The predicted octanol–water partition coefficient (Wildman–Crippen LogP) is 4.02. The molecule has 1 aromatic carbocycles. The average Bonchev–Trinajstić information content (AvgIpc) is 2.76. The molecule has 0 spiro atoms. The zero-order valence-corrected chi connectivity index (χ0v) is 20.8. The number of ether oxygens (including phenoxy) is 1. The van der Waals surface area contributed by atoms with Crippen molar-refractivity contribution in [2.24, 2.45) is 0 Å². The standard InChI is InChI=1S/C21H18F3IN4O4S/c1-12-3-4-15(9-16(12)21(22,23)24)34(31,32)29(11-33-2)17-8-14(25)10-28-19(17)20(30)13-5-6-27-18(26)7-13/h3-10H,11H2,1-2H3,(H2,26,27). The van der Waals surface area contributed by atoms with Gasteiger partial charge in [-0.2, -0.15) is 13.2 Å². The molecule has 0 saturated heterocycles. The van der Waals surface area contributed by atoms with Crippen LogP contribution in [-0.4, -0.2) is 38.0 Å². The summed E-state index contributed by atoms with van der Waals surface area (Å²) in [6, 6.07) is 6.75. The first-order valence-corrected chi connectivity index (χ1v) is 12.0. The second-order valence-electron chi connectivity index (χ2n) is 7.07. The van der Waals surface area contributed by atoms with Crippen LogP contribution in [0.2, 0.25) is 0 Å². The van der Waals surface area contributed by atoms with E-state index >= 15 is 0 Å². The zero-order valence-electron chi connectivity index (χ0n) is 17.8. The van der Waals surface area contributed by atoms with Gasteiger partial charge in [-0.05, 0) is 65.4 Å². The van der Waals surface area contributed by atoms with Gasteiger partial charge in [0, 0.05) is 28.6 Å². The number of anilines is 2. The van der Waals surface area contributed by atoms with Gasteiger partial charge in [0.2, 0.25) is 5.78 Å². The molecule has 0 radical (unpaired) electrons. The van der Waals surface area contributed by atoms with Crippen molar-refractivity contribution in [3.8, 4) is 0 Å². The molecule has 0 saturated carbocycles. The van der Waals surface area contributed by atoms with Crippen LogP contribution >= 0.6 is 22.6 Å². The number of carbonyl (C=O) groups excluding carboxylic acids is 1. The van der Waals surface area contributed by atoms with E-state index < -0.39 is 39.2 Å². The Labute approximate surface area is 207 Å². The van der Waals surface area contributed by atoms with E-state index in [-0.39, 0.29) is 28.3 Å². The molecule has 2 aromatic heterocycles. The topological polar surface area (TPSA) is 115 Å². The Kier molecular flexibility index (Phi) is 7.47. The number of pyridine rings is 2. The number of alkyl halides is 3. The van der Waals surface area contributed by atoms with E-state index in [1.807, 2.05) is 22.6 Å². The molecule has 0 aliphatic rings. The number of benzene rings is 1. The van der Waals surface area contributed by atoms with Gasteiger partial charge in [0.05, 0.1) is 16.1 Å². The van der Waals surface area contributed by atoms with Gasteiger partial charge >= 0.3 is 6.18 Å². The fourth-order valence-corrected chi connectivity index (χ4v) is 4.94. The summed E-state index contributed by atoms with van der Waals surface area (Å²) in [6.45, 7) is 0.644. The van der Waals surface area contributed by atoms with Crippen molar-refractivity contribution in [2.45, 2.75) is 18.0 Å². The maximum atomic E-state index is 13.5. The van der Waals surface area contributed by atoms with E-state index in [9.17, 15) is 26.4 Å². The van der Waals surface area contributed by atoms with Crippen molar-refractivity contribution in [1.82, 2.24) is 9.97 Å². The van der Waals surface area contributed by atoms with Crippen LogP contribution in [0, 0.1) is 10.5 Å². The summed E-state index contributed by atoms with van der Waals surface area (Å²) in [5.41, 5.74) is 4.11. The van der Waals surface area contributed by atoms with E-state index in [2.05, 4.69) is 9.97 Å². The highest BCUT2D eigenvalue weighted by Gasteiger charge is 2.36. The van der Waals surface area contributed by atoms with E-state index in [1.54, 1.807) is 0 Å². The van der Waals surface area contributed by atoms with E-state index in [1.165, 1.54) is 44.6 Å². The quantitative estimate of drug-likeness (QED) is 0.246. The van der Waals surface area contributed by atoms with Crippen LogP contribution in [0.1, 0.15) is 27.2 Å². The van der Waals surface area contributed by atoms with Crippen LogP contribution in [0.25, 0.3) is 0 Å². The Morgan fingerprint density at radius 3 is 2.50 bits per heavy atom. The van der Waals surface area contributed by atoms with Gasteiger partial charge < -0.3 is 10.5 Å². The number of ketones is 1. The first-order valence-electron chi connectivity index (χ1n) is 9.47. The van der Waals surface area contributed by atoms with Crippen LogP contribution in [-0.2, 0) is 20.9 Å². The number of sulfonamides is 1. The van der Waals surface area contributed by atoms with Gasteiger partial charge in [0.15, 0.2) is 0 Å². The molecule has 0 amide bonds. The zero-order chi connectivity index (χ0) is 25.3. The van der Waals surface area contributed by atoms with Crippen molar-refractivity contribution in [1.29, 1.82) is 0 Å². The first kappa shape index (κ1) is 25.8. The molecule has 8 nitrogen and oxygen atoms in total. The molecular weight excluding hydrogens is 588 g/mol. The first-order chi connectivity index (χ1) is 15.9. The van der Waals surface area contributed by atoms with E-state index in [4.69, 9.17) is 10.5 Å². The smallest absolute Gasteiger partial charge is 0.384 e. The lowest BCUT2D eigenvalue weighted by atomic mass is 10.1. The van der Waals surface area contributed by atoms with Crippen molar-refractivity contribution in [2.75, 3.05) is 23.9 Å². The van der Waals surface area contributed by atoms with Crippen molar-refractivity contribution in [3.05, 3.63) is 74.7 Å². The lowest BCUT2D eigenvalue weighted by Crippen LogP contribution is -2.34. The van der Waals surface area contributed by atoms with Crippen molar-refractivity contribution >= 4 is 49.9 Å². The third-order valence-electron chi connectivity index (χ3n) is 4.71. The van der Waals surface area contributed by atoms with Crippen LogP contribution in [0.5, 0.6) is 0 Å². The number of nitrogens with two attached hydrogens (primary N) is 1. The van der Waals surface area contributed by atoms with Gasteiger partial charge in [0.1, 0.15) is 18.2 Å². The average molecular weight is 606 g/mol. The lowest BCUT2D eigenvalue weighted by Gasteiger charge is -2.25. The Balaban J connectivity index is 2.20. The van der Waals surface area contributed by atoms with Crippen molar-refractivity contribution < 1.29 is 31.1 Å². The summed E-state index contributed by atoms with van der Waals surface area (Å²) in [6.07, 6.45) is -2.09. The van der Waals surface area contributed by atoms with Gasteiger partial charge in [-0.3, -0.25) is 4.79 Å². The molecule has 34 heavy (non-hydrogen) atoms. The Hall–Kier alpha value is -2.78. The van der Waals surface area contributed by atoms with Gasteiger partial charge in [0.25, 0.3) is 10.0 Å². The molecule has 2 N–H and O–H groups in total. The number of rotatable bonds is 7. The summed E-state index contributed by atoms with van der Waals surface area (Å²) in [5.74, 6) is -0.588. The highest BCUT2D eigenvalue weighted by atomic mass is 127. The highest BCUT2D eigenvalue weighted by molar-refractivity contribution is 14.1. The number of nitrogen functional groups attached to an aromatic ring is 1. The summed E-state index contributed by atoms with van der Waals surface area (Å²) in [5, 5.41) is 0. The van der Waals surface area contributed by atoms with Gasteiger partial charge in [-0.15, -0.1) is 0 Å². The SMILES string of the molecule is COCN(c1cc(I)cnc1C(=O)c1ccnc(N)c1)S(=O)(=O)c1ccc(C)c(C(F)(F)F)c1.